The zero-order valence-electron chi connectivity index (χ0n) is 12.1. The number of carbonyl (C=O) groups is 1. The summed E-state index contributed by atoms with van der Waals surface area (Å²) < 4.78 is 22.4. The predicted molar refractivity (Wildman–Crippen MR) is 72.7 cm³/mol. The smallest absolute Gasteiger partial charge is 0.312 e. The van der Waals surface area contributed by atoms with Crippen LogP contribution in [0.2, 0.25) is 0 Å². The van der Waals surface area contributed by atoms with Crippen LogP contribution in [0.3, 0.4) is 0 Å². The van der Waals surface area contributed by atoms with Crippen molar-refractivity contribution in [1.82, 2.24) is 0 Å². The number of rotatable bonds is 6. The first-order valence-electron chi connectivity index (χ1n) is 6.63. The lowest BCUT2D eigenvalue weighted by molar-refractivity contribution is -0.159. The van der Waals surface area contributed by atoms with E-state index in [1.54, 1.807) is 6.92 Å². The van der Waals surface area contributed by atoms with Crippen molar-refractivity contribution in [1.29, 1.82) is 0 Å². The summed E-state index contributed by atoms with van der Waals surface area (Å²) in [5.41, 5.74) is -1.12. The molecule has 19 heavy (non-hydrogen) atoms. The fraction of sp³-hybridized carbons (Fsp3) is 0.923. The lowest BCUT2D eigenvalue weighted by Gasteiger charge is -2.38. The van der Waals surface area contributed by atoms with Crippen LogP contribution in [0, 0.1) is 10.8 Å². The maximum atomic E-state index is 12.2. The molecule has 1 saturated carbocycles. The monoisotopic (exact) mass is 292 g/mol. The van der Waals surface area contributed by atoms with Gasteiger partial charge in [-0.15, -0.1) is 0 Å². The second-order valence-corrected chi connectivity index (χ2v) is 6.93. The Morgan fingerprint density at radius 3 is 2.58 bits per heavy atom. The molecular weight excluding hydrogens is 268 g/mol. The lowest BCUT2D eigenvalue weighted by atomic mass is 9.69. The summed E-state index contributed by atoms with van der Waals surface area (Å²) in [7, 11) is 0. The van der Waals surface area contributed by atoms with Gasteiger partial charge in [0.05, 0.1) is 30.5 Å². The van der Waals surface area contributed by atoms with Gasteiger partial charge in [-0.3, -0.25) is 8.98 Å². The number of ether oxygens (including phenoxy) is 1. The molecule has 5 nitrogen and oxygen atoms in total. The van der Waals surface area contributed by atoms with Crippen LogP contribution in [0.1, 0.15) is 40.5 Å². The number of aliphatic hydroxyl groups is 1. The second kappa shape index (κ2) is 6.33. The zero-order chi connectivity index (χ0) is 14.7. The minimum Gasteiger partial charge on any atom is -0.466 e. The molecule has 1 rings (SSSR count). The molecule has 1 fully saturated rings. The quantitative estimate of drug-likeness (QED) is 0.750. The molecule has 0 bridgehead atoms. The van der Waals surface area contributed by atoms with Crippen molar-refractivity contribution < 1.29 is 23.0 Å². The van der Waals surface area contributed by atoms with Crippen LogP contribution in [-0.4, -0.2) is 40.4 Å². The molecule has 1 N–H and O–H groups in total. The lowest BCUT2D eigenvalue weighted by Crippen LogP contribution is -2.45. The third-order valence-electron chi connectivity index (χ3n) is 4.38. The topological polar surface area (TPSA) is 72.8 Å². The molecule has 0 saturated heterocycles. The Morgan fingerprint density at radius 2 is 2.05 bits per heavy atom. The molecule has 1 unspecified atom stereocenters. The van der Waals surface area contributed by atoms with Crippen molar-refractivity contribution in [3.05, 3.63) is 0 Å². The van der Waals surface area contributed by atoms with Crippen molar-refractivity contribution in [3.8, 4) is 0 Å². The average Bonchev–Trinajstić information content (AvgIpc) is 2.59. The molecule has 0 heterocycles. The highest BCUT2D eigenvalue weighted by atomic mass is 32.2. The number of hydrogen-bond donors (Lipinski definition) is 1. The Kier molecular flexibility index (Phi) is 5.53. The Hall–Kier alpha value is -0.460. The highest BCUT2D eigenvalue weighted by Crippen LogP contribution is 2.55. The van der Waals surface area contributed by atoms with Crippen LogP contribution in [0.5, 0.6) is 0 Å². The van der Waals surface area contributed by atoms with Crippen LogP contribution in [0.4, 0.5) is 0 Å². The predicted octanol–water partition coefficient (Wildman–Crippen LogP) is 1.42. The van der Waals surface area contributed by atoms with Crippen LogP contribution in [0.15, 0.2) is 0 Å². The minimum absolute atomic E-state index is 0.0509. The first-order valence-corrected chi connectivity index (χ1v) is 7.77. The third kappa shape index (κ3) is 3.01. The van der Waals surface area contributed by atoms with Crippen molar-refractivity contribution in [2.75, 3.05) is 19.8 Å². The Morgan fingerprint density at radius 1 is 1.42 bits per heavy atom. The largest absolute Gasteiger partial charge is 0.466 e. The van der Waals surface area contributed by atoms with Crippen LogP contribution in [-0.2, 0) is 24.8 Å². The summed E-state index contributed by atoms with van der Waals surface area (Å²) in [6, 6.07) is 0. The van der Waals surface area contributed by atoms with Gasteiger partial charge in [0, 0.05) is 0 Å². The maximum absolute atomic E-state index is 12.2. The van der Waals surface area contributed by atoms with Crippen molar-refractivity contribution in [2.24, 2.45) is 10.8 Å². The van der Waals surface area contributed by atoms with Gasteiger partial charge in [-0.05, 0) is 32.1 Å². The highest BCUT2D eigenvalue weighted by Gasteiger charge is 2.59. The van der Waals surface area contributed by atoms with Gasteiger partial charge in [-0.1, -0.05) is 13.8 Å². The standard InChI is InChI=1S/C13H24O5S/c1-5-17-11(15)13(4)7-6-10(12(13,2)3)19(16)18-9-8-14/h10,14H,5-9H2,1-4H3/t10-,13-,19?/m0/s1. The maximum Gasteiger partial charge on any atom is 0.312 e. The van der Waals surface area contributed by atoms with Crippen LogP contribution >= 0.6 is 0 Å². The molecule has 112 valence electrons. The number of aliphatic hydroxyl groups excluding tert-OH is 1. The Bertz CT molecular complexity index is 355. The summed E-state index contributed by atoms with van der Waals surface area (Å²) in [4.78, 5) is 12.2. The molecule has 0 aliphatic heterocycles. The van der Waals surface area contributed by atoms with E-state index in [1.807, 2.05) is 20.8 Å². The van der Waals surface area contributed by atoms with Gasteiger partial charge in [-0.25, -0.2) is 4.21 Å². The Labute approximate surface area is 117 Å². The molecule has 0 aromatic carbocycles. The molecule has 3 atom stereocenters. The molecule has 0 aromatic heterocycles. The van der Waals surface area contributed by atoms with Gasteiger partial charge >= 0.3 is 5.97 Å². The Balaban J connectivity index is 2.86. The highest BCUT2D eigenvalue weighted by molar-refractivity contribution is 7.80. The van der Waals surface area contributed by atoms with Gasteiger partial charge < -0.3 is 9.84 Å². The van der Waals surface area contributed by atoms with E-state index in [4.69, 9.17) is 14.0 Å². The molecule has 0 radical (unpaired) electrons. The SMILES string of the molecule is CCOC(=O)[C@]1(C)CC[C@H](S(=O)OCCO)C1(C)C. The fourth-order valence-electron chi connectivity index (χ4n) is 2.65. The molecular formula is C13H24O5S. The molecule has 6 heteroatoms. The van der Waals surface area contributed by atoms with Gasteiger partial charge in [0.2, 0.25) is 0 Å². The van der Waals surface area contributed by atoms with Crippen molar-refractivity contribution >= 4 is 17.0 Å². The van der Waals surface area contributed by atoms with Crippen LogP contribution < -0.4 is 0 Å². The van der Waals surface area contributed by atoms with E-state index >= 15 is 0 Å². The van der Waals surface area contributed by atoms with Crippen molar-refractivity contribution in [3.63, 3.8) is 0 Å². The van der Waals surface area contributed by atoms with E-state index in [1.165, 1.54) is 0 Å². The number of esters is 1. The summed E-state index contributed by atoms with van der Waals surface area (Å²) in [5, 5.41) is 8.49. The fourth-order valence-corrected chi connectivity index (χ4v) is 4.11. The first kappa shape index (κ1) is 16.6. The third-order valence-corrected chi connectivity index (χ3v) is 6.07. The van der Waals surface area contributed by atoms with Crippen molar-refractivity contribution in [2.45, 2.75) is 45.8 Å². The summed E-state index contributed by atoms with van der Waals surface area (Å²) >= 11 is -1.50. The van der Waals surface area contributed by atoms with E-state index in [0.29, 0.717) is 19.4 Å². The zero-order valence-corrected chi connectivity index (χ0v) is 12.9. The van der Waals surface area contributed by atoms with E-state index in [2.05, 4.69) is 0 Å². The van der Waals surface area contributed by atoms with Crippen LogP contribution in [0.25, 0.3) is 0 Å². The normalized spacial score (nSPS) is 31.1. The molecule has 1 aliphatic rings. The van der Waals surface area contributed by atoms with Gasteiger partial charge in [0.15, 0.2) is 11.1 Å². The molecule has 1 aliphatic carbocycles. The summed E-state index contributed by atoms with van der Waals surface area (Å²) in [6.45, 7) is 7.75. The van der Waals surface area contributed by atoms with E-state index in [9.17, 15) is 9.00 Å². The minimum atomic E-state index is -1.50. The molecule has 0 amide bonds. The van der Waals surface area contributed by atoms with Gasteiger partial charge in [-0.2, -0.15) is 0 Å². The summed E-state index contributed by atoms with van der Waals surface area (Å²) in [5.74, 6) is -0.235. The second-order valence-electron chi connectivity index (χ2n) is 5.61. The summed E-state index contributed by atoms with van der Waals surface area (Å²) in [6.07, 6.45) is 1.29. The van der Waals surface area contributed by atoms with E-state index < -0.39 is 21.9 Å². The average molecular weight is 292 g/mol. The molecule has 0 spiro atoms. The van der Waals surface area contributed by atoms with Gasteiger partial charge in [0.1, 0.15) is 0 Å². The number of hydrogen-bond acceptors (Lipinski definition) is 5. The van der Waals surface area contributed by atoms with E-state index in [-0.39, 0.29) is 24.4 Å². The first-order chi connectivity index (χ1) is 8.81. The number of carbonyl (C=O) groups excluding carboxylic acids is 1. The van der Waals surface area contributed by atoms with Gasteiger partial charge in [0.25, 0.3) is 0 Å². The molecule has 0 aromatic rings. The van der Waals surface area contributed by atoms with E-state index in [0.717, 1.165) is 0 Å².